The highest BCUT2D eigenvalue weighted by Crippen LogP contribution is 2.30. The predicted octanol–water partition coefficient (Wildman–Crippen LogP) is 1.87. The van der Waals surface area contributed by atoms with Crippen molar-refractivity contribution in [1.29, 1.82) is 0 Å². The van der Waals surface area contributed by atoms with E-state index in [0.29, 0.717) is 11.8 Å². The second-order valence-electron chi connectivity index (χ2n) is 5.61. The average molecular weight is 264 g/mol. The lowest BCUT2D eigenvalue weighted by Gasteiger charge is -2.19. The summed E-state index contributed by atoms with van der Waals surface area (Å²) in [5.41, 5.74) is 0. The van der Waals surface area contributed by atoms with Gasteiger partial charge in [-0.2, -0.15) is 0 Å². The lowest BCUT2D eigenvalue weighted by atomic mass is 10.2. The van der Waals surface area contributed by atoms with Gasteiger partial charge in [-0.15, -0.1) is 0 Å². The maximum absolute atomic E-state index is 10.8. The topological polar surface area (TPSA) is 65.7 Å². The monoisotopic (exact) mass is 264 g/mol. The smallest absolute Gasteiger partial charge is 0.371 e. The molecule has 1 aromatic rings. The molecule has 5 nitrogen and oxygen atoms in total. The summed E-state index contributed by atoms with van der Waals surface area (Å²) in [5.74, 6) is -0.309. The van der Waals surface area contributed by atoms with E-state index in [0.717, 1.165) is 19.0 Å². The number of nitrogens with zero attached hydrogens (tertiary/aromatic N) is 1. The van der Waals surface area contributed by atoms with Crippen molar-refractivity contribution in [2.24, 2.45) is 0 Å². The number of likely N-dealkylation sites (tertiary alicyclic amines) is 1. The lowest BCUT2D eigenvalue weighted by molar-refractivity contribution is 0.0659. The van der Waals surface area contributed by atoms with Crippen LogP contribution in [0, 0.1) is 0 Å². The standard InChI is InChI=1S/C14H20N2O3/c1-9(12-4-5-13(19-12)14(17)18)15-10-6-7-16(8-10)11-2-3-11/h4-5,9-11,15H,2-3,6-8H2,1H3,(H,17,18). The molecule has 0 spiro atoms. The quantitative estimate of drug-likeness (QED) is 0.850. The van der Waals surface area contributed by atoms with E-state index in [1.165, 1.54) is 25.5 Å². The number of hydrogen-bond donors (Lipinski definition) is 2. The summed E-state index contributed by atoms with van der Waals surface area (Å²) in [4.78, 5) is 13.3. The Hall–Kier alpha value is -1.33. The molecule has 1 saturated carbocycles. The molecule has 2 N–H and O–H groups in total. The summed E-state index contributed by atoms with van der Waals surface area (Å²) in [6, 6.07) is 4.62. The fourth-order valence-electron chi connectivity index (χ4n) is 2.83. The Morgan fingerprint density at radius 3 is 2.89 bits per heavy atom. The summed E-state index contributed by atoms with van der Waals surface area (Å²) in [6.07, 6.45) is 3.86. The molecule has 2 unspecified atom stereocenters. The number of carboxylic acids is 1. The first-order valence-corrected chi connectivity index (χ1v) is 6.96. The summed E-state index contributed by atoms with van der Waals surface area (Å²) in [7, 11) is 0. The van der Waals surface area contributed by atoms with Crippen LogP contribution in [0.1, 0.15) is 48.5 Å². The van der Waals surface area contributed by atoms with E-state index in [1.807, 2.05) is 6.92 Å². The highest BCUT2D eigenvalue weighted by Gasteiger charge is 2.34. The zero-order valence-corrected chi connectivity index (χ0v) is 11.1. The van der Waals surface area contributed by atoms with Crippen LogP contribution in [0.25, 0.3) is 0 Å². The van der Waals surface area contributed by atoms with Gasteiger partial charge in [-0.1, -0.05) is 0 Å². The van der Waals surface area contributed by atoms with E-state index in [2.05, 4.69) is 10.2 Å². The molecule has 1 saturated heterocycles. The molecule has 3 rings (SSSR count). The Labute approximate surface area is 112 Å². The molecule has 2 aliphatic rings. The molecule has 1 aliphatic carbocycles. The Kier molecular flexibility index (Phi) is 3.33. The van der Waals surface area contributed by atoms with E-state index in [1.54, 1.807) is 6.07 Å². The first-order valence-electron chi connectivity index (χ1n) is 6.96. The number of hydrogen-bond acceptors (Lipinski definition) is 4. The Balaban J connectivity index is 1.55. The van der Waals surface area contributed by atoms with Crippen LogP contribution in [-0.4, -0.2) is 41.1 Å². The van der Waals surface area contributed by atoms with Crippen molar-refractivity contribution in [2.75, 3.05) is 13.1 Å². The predicted molar refractivity (Wildman–Crippen MR) is 70.2 cm³/mol. The van der Waals surface area contributed by atoms with Crippen molar-refractivity contribution in [1.82, 2.24) is 10.2 Å². The summed E-state index contributed by atoms with van der Waals surface area (Å²) in [5, 5.41) is 12.4. The van der Waals surface area contributed by atoms with Gasteiger partial charge in [0.15, 0.2) is 0 Å². The van der Waals surface area contributed by atoms with Crippen LogP contribution in [0.2, 0.25) is 0 Å². The summed E-state index contributed by atoms with van der Waals surface area (Å²) < 4.78 is 5.33. The maximum Gasteiger partial charge on any atom is 0.371 e. The van der Waals surface area contributed by atoms with Gasteiger partial charge < -0.3 is 14.8 Å². The molecule has 1 aromatic heterocycles. The van der Waals surface area contributed by atoms with Crippen LogP contribution in [0.15, 0.2) is 16.5 Å². The van der Waals surface area contributed by atoms with E-state index in [9.17, 15) is 4.79 Å². The molecule has 0 aromatic carbocycles. The molecule has 2 fully saturated rings. The highest BCUT2D eigenvalue weighted by atomic mass is 16.4. The van der Waals surface area contributed by atoms with Crippen molar-refractivity contribution in [3.8, 4) is 0 Å². The fraction of sp³-hybridized carbons (Fsp3) is 0.643. The van der Waals surface area contributed by atoms with Gasteiger partial charge in [0, 0.05) is 25.2 Å². The van der Waals surface area contributed by atoms with Crippen molar-refractivity contribution >= 4 is 5.97 Å². The minimum atomic E-state index is -1.01. The minimum absolute atomic E-state index is 0.00896. The van der Waals surface area contributed by atoms with Crippen LogP contribution in [0.4, 0.5) is 0 Å². The number of rotatable bonds is 5. The summed E-state index contributed by atoms with van der Waals surface area (Å²) in [6.45, 7) is 4.29. The third-order valence-corrected chi connectivity index (χ3v) is 4.03. The average Bonchev–Trinajstić information content (AvgIpc) is 2.92. The molecule has 0 amide bonds. The third-order valence-electron chi connectivity index (χ3n) is 4.03. The van der Waals surface area contributed by atoms with Gasteiger partial charge in [-0.05, 0) is 38.3 Å². The first kappa shape index (κ1) is 12.7. The largest absolute Gasteiger partial charge is 0.475 e. The lowest BCUT2D eigenvalue weighted by Crippen LogP contribution is -2.34. The highest BCUT2D eigenvalue weighted by molar-refractivity contribution is 5.84. The van der Waals surface area contributed by atoms with E-state index in [-0.39, 0.29) is 11.8 Å². The number of furan rings is 1. The van der Waals surface area contributed by atoms with Crippen molar-refractivity contribution in [2.45, 2.75) is 44.3 Å². The first-order chi connectivity index (χ1) is 9.13. The van der Waals surface area contributed by atoms with Gasteiger partial charge in [-0.25, -0.2) is 4.79 Å². The zero-order chi connectivity index (χ0) is 13.4. The van der Waals surface area contributed by atoms with Gasteiger partial charge in [0.25, 0.3) is 0 Å². The number of carboxylic acid groups (broad SMARTS) is 1. The Morgan fingerprint density at radius 2 is 2.26 bits per heavy atom. The number of carbonyl (C=O) groups is 1. The SMILES string of the molecule is CC(NC1CCN(C2CC2)C1)c1ccc(C(=O)O)o1. The molecule has 0 radical (unpaired) electrons. The molecular formula is C14H20N2O3. The molecule has 19 heavy (non-hydrogen) atoms. The van der Waals surface area contributed by atoms with Crippen molar-refractivity contribution in [3.63, 3.8) is 0 Å². The zero-order valence-electron chi connectivity index (χ0n) is 11.1. The van der Waals surface area contributed by atoms with Gasteiger partial charge >= 0.3 is 5.97 Å². The van der Waals surface area contributed by atoms with Crippen LogP contribution in [0.3, 0.4) is 0 Å². The van der Waals surface area contributed by atoms with Crippen LogP contribution >= 0.6 is 0 Å². The van der Waals surface area contributed by atoms with E-state index < -0.39 is 5.97 Å². The van der Waals surface area contributed by atoms with Gasteiger partial charge in [0.05, 0.1) is 6.04 Å². The second-order valence-corrected chi connectivity index (χ2v) is 5.61. The number of nitrogens with one attached hydrogen (secondary N) is 1. The second kappa shape index (κ2) is 4.98. The Bertz CT molecular complexity index is 467. The van der Waals surface area contributed by atoms with Crippen LogP contribution in [0.5, 0.6) is 0 Å². The van der Waals surface area contributed by atoms with E-state index in [4.69, 9.17) is 9.52 Å². The molecule has 0 bridgehead atoms. The Morgan fingerprint density at radius 1 is 1.47 bits per heavy atom. The third kappa shape index (κ3) is 2.82. The van der Waals surface area contributed by atoms with Crippen molar-refractivity contribution in [3.05, 3.63) is 23.7 Å². The molecule has 2 atom stereocenters. The van der Waals surface area contributed by atoms with E-state index >= 15 is 0 Å². The van der Waals surface area contributed by atoms with Crippen LogP contribution < -0.4 is 5.32 Å². The van der Waals surface area contributed by atoms with Crippen molar-refractivity contribution < 1.29 is 14.3 Å². The molecule has 5 heteroatoms. The fourth-order valence-corrected chi connectivity index (χ4v) is 2.83. The summed E-state index contributed by atoms with van der Waals surface area (Å²) >= 11 is 0. The van der Waals surface area contributed by atoms with Gasteiger partial charge in [0.2, 0.25) is 5.76 Å². The molecule has 104 valence electrons. The van der Waals surface area contributed by atoms with Gasteiger partial charge in [-0.3, -0.25) is 4.90 Å². The molecule has 1 aliphatic heterocycles. The number of aromatic carboxylic acids is 1. The maximum atomic E-state index is 10.8. The van der Waals surface area contributed by atoms with Gasteiger partial charge in [0.1, 0.15) is 5.76 Å². The minimum Gasteiger partial charge on any atom is -0.475 e. The van der Waals surface area contributed by atoms with Crippen LogP contribution in [-0.2, 0) is 0 Å². The molecular weight excluding hydrogens is 244 g/mol. The normalized spacial score (nSPS) is 25.6. The molecule has 2 heterocycles.